The third-order valence-electron chi connectivity index (χ3n) is 6.79. The number of amides is 1. The summed E-state index contributed by atoms with van der Waals surface area (Å²) < 4.78 is 39.1. The van der Waals surface area contributed by atoms with Gasteiger partial charge in [0.05, 0.1) is 18.5 Å². The van der Waals surface area contributed by atoms with E-state index in [0.29, 0.717) is 19.1 Å². The second-order valence-electron chi connectivity index (χ2n) is 8.38. The predicted molar refractivity (Wildman–Crippen MR) is 92.1 cm³/mol. The molecule has 1 saturated heterocycles. The van der Waals surface area contributed by atoms with E-state index in [1.165, 1.54) is 0 Å². The van der Waals surface area contributed by atoms with Gasteiger partial charge in [-0.25, -0.2) is 8.42 Å². The molecule has 142 valence electrons. The highest BCUT2D eigenvalue weighted by Crippen LogP contribution is 2.44. The maximum absolute atomic E-state index is 12.7. The van der Waals surface area contributed by atoms with Crippen molar-refractivity contribution in [3.05, 3.63) is 0 Å². The van der Waals surface area contributed by atoms with Gasteiger partial charge < -0.3 is 9.47 Å². The number of sulfonamides is 1. The summed E-state index contributed by atoms with van der Waals surface area (Å²) in [5, 5.41) is -0.362. The van der Waals surface area contributed by atoms with E-state index >= 15 is 0 Å². The molecule has 6 nitrogen and oxygen atoms in total. The van der Waals surface area contributed by atoms with E-state index in [1.54, 1.807) is 0 Å². The van der Waals surface area contributed by atoms with Crippen molar-refractivity contribution in [3.8, 4) is 0 Å². The highest BCUT2D eigenvalue weighted by Gasteiger charge is 2.44. The monoisotopic (exact) mass is 371 g/mol. The minimum absolute atomic E-state index is 0.219. The number of carbonyl (C=O) groups is 1. The van der Waals surface area contributed by atoms with Gasteiger partial charge in [-0.1, -0.05) is 12.8 Å². The molecular formula is C18H29NO5S. The average Bonchev–Trinajstić information content (AvgIpc) is 3.06. The van der Waals surface area contributed by atoms with Crippen molar-refractivity contribution in [2.75, 3.05) is 13.2 Å². The van der Waals surface area contributed by atoms with Gasteiger partial charge in [-0.05, 0) is 49.9 Å². The summed E-state index contributed by atoms with van der Waals surface area (Å²) in [5.74, 6) is 0.219. The molecule has 7 heteroatoms. The van der Waals surface area contributed by atoms with Crippen LogP contribution in [0.3, 0.4) is 0 Å². The Hall–Kier alpha value is -0.660. The number of nitrogens with one attached hydrogen (secondary N) is 1. The van der Waals surface area contributed by atoms with E-state index in [4.69, 9.17) is 9.47 Å². The third kappa shape index (κ3) is 3.74. The molecule has 1 spiro atoms. The molecule has 1 aliphatic heterocycles. The fourth-order valence-electron chi connectivity index (χ4n) is 5.34. The molecule has 0 aromatic carbocycles. The zero-order valence-electron chi connectivity index (χ0n) is 14.7. The van der Waals surface area contributed by atoms with Crippen LogP contribution in [-0.2, 0) is 24.3 Å². The van der Waals surface area contributed by atoms with Crippen LogP contribution in [0, 0.1) is 17.8 Å². The Kier molecular flexibility index (Phi) is 4.84. The second-order valence-corrected chi connectivity index (χ2v) is 10.3. The van der Waals surface area contributed by atoms with Crippen LogP contribution in [0.1, 0.15) is 64.2 Å². The Bertz CT molecular complexity index is 595. The van der Waals surface area contributed by atoms with Crippen LogP contribution in [0.25, 0.3) is 0 Å². The molecule has 5 rings (SSSR count). The molecule has 0 aromatic rings. The van der Waals surface area contributed by atoms with Crippen LogP contribution in [0.5, 0.6) is 0 Å². The van der Waals surface area contributed by atoms with Gasteiger partial charge in [0, 0.05) is 19.3 Å². The molecule has 5 fully saturated rings. The molecule has 1 heterocycles. The number of carbonyl (C=O) groups excluding carboxylic acids is 1. The highest BCUT2D eigenvalue weighted by atomic mass is 32.2. The van der Waals surface area contributed by atoms with Gasteiger partial charge in [-0.2, -0.15) is 0 Å². The van der Waals surface area contributed by atoms with Gasteiger partial charge in [0.25, 0.3) is 0 Å². The quantitative estimate of drug-likeness (QED) is 0.820. The zero-order valence-corrected chi connectivity index (χ0v) is 15.6. The van der Waals surface area contributed by atoms with Crippen molar-refractivity contribution < 1.29 is 22.7 Å². The Balaban J connectivity index is 1.29. The van der Waals surface area contributed by atoms with Crippen LogP contribution < -0.4 is 4.72 Å². The van der Waals surface area contributed by atoms with Gasteiger partial charge in [0.2, 0.25) is 15.9 Å². The first kappa shape index (κ1) is 17.7. The molecule has 4 aliphatic carbocycles. The Morgan fingerprint density at radius 1 is 1.00 bits per heavy atom. The second kappa shape index (κ2) is 6.82. The SMILES string of the molecule is O=C(CC1CCC2(CC1)OCCO2)NS(=O)(=O)C1CC2CCC1CC2. The largest absolute Gasteiger partial charge is 0.348 e. The molecule has 2 bridgehead atoms. The molecule has 1 unspecified atom stereocenters. The van der Waals surface area contributed by atoms with E-state index in [1.807, 2.05) is 0 Å². The van der Waals surface area contributed by atoms with Gasteiger partial charge in [-0.3, -0.25) is 9.52 Å². The van der Waals surface area contributed by atoms with Crippen LogP contribution >= 0.6 is 0 Å². The lowest BCUT2D eigenvalue weighted by Gasteiger charge is -2.41. The highest BCUT2D eigenvalue weighted by molar-refractivity contribution is 7.90. The minimum Gasteiger partial charge on any atom is -0.348 e. The predicted octanol–water partition coefficient (Wildman–Crippen LogP) is 2.33. The Morgan fingerprint density at radius 3 is 2.20 bits per heavy atom. The van der Waals surface area contributed by atoms with Gasteiger partial charge in [0.15, 0.2) is 5.79 Å². The number of ether oxygens (including phenoxy) is 2. The minimum atomic E-state index is -3.54. The van der Waals surface area contributed by atoms with Crippen molar-refractivity contribution in [1.82, 2.24) is 4.72 Å². The van der Waals surface area contributed by atoms with Crippen LogP contribution in [0.15, 0.2) is 0 Å². The summed E-state index contributed by atoms with van der Waals surface area (Å²) in [6, 6.07) is 0. The maximum Gasteiger partial charge on any atom is 0.238 e. The normalized spacial score (nSPS) is 35.1. The summed E-state index contributed by atoms with van der Waals surface area (Å²) >= 11 is 0. The average molecular weight is 371 g/mol. The fourth-order valence-corrected chi connectivity index (χ4v) is 7.20. The number of fused-ring (bicyclic) bond motifs is 3. The molecule has 5 aliphatic rings. The molecule has 4 saturated carbocycles. The van der Waals surface area contributed by atoms with Crippen molar-refractivity contribution in [2.24, 2.45) is 17.8 Å². The molecule has 1 amide bonds. The van der Waals surface area contributed by atoms with Crippen molar-refractivity contribution in [1.29, 1.82) is 0 Å². The molecule has 0 radical (unpaired) electrons. The standard InChI is InChI=1S/C18H29NO5S/c20-17(12-14-5-7-18(8-6-14)23-9-10-24-18)19-25(21,22)16-11-13-1-3-15(16)4-2-13/h13-16H,1-12H2,(H,19,20). The molecule has 1 N–H and O–H groups in total. The first-order valence-corrected chi connectivity index (χ1v) is 11.3. The Morgan fingerprint density at radius 2 is 1.64 bits per heavy atom. The summed E-state index contributed by atoms with van der Waals surface area (Å²) in [4.78, 5) is 12.3. The van der Waals surface area contributed by atoms with Crippen LogP contribution in [-0.4, -0.2) is 38.6 Å². The first-order chi connectivity index (χ1) is 12.0. The van der Waals surface area contributed by atoms with E-state index in [2.05, 4.69) is 4.72 Å². The fraction of sp³-hybridized carbons (Fsp3) is 0.944. The summed E-state index contributed by atoms with van der Waals surface area (Å²) in [7, 11) is -3.54. The van der Waals surface area contributed by atoms with Gasteiger partial charge in [0.1, 0.15) is 0 Å². The number of rotatable bonds is 4. The Labute approximate surface area is 150 Å². The van der Waals surface area contributed by atoms with E-state index < -0.39 is 15.8 Å². The topological polar surface area (TPSA) is 81.7 Å². The summed E-state index contributed by atoms with van der Waals surface area (Å²) in [6.45, 7) is 1.29. The smallest absolute Gasteiger partial charge is 0.238 e. The molecule has 1 atom stereocenters. The van der Waals surface area contributed by atoms with Crippen molar-refractivity contribution in [3.63, 3.8) is 0 Å². The summed E-state index contributed by atoms with van der Waals surface area (Å²) in [6.07, 6.45) is 8.60. The van der Waals surface area contributed by atoms with Crippen molar-refractivity contribution in [2.45, 2.75) is 75.2 Å². The first-order valence-electron chi connectivity index (χ1n) is 9.78. The number of hydrogen-bond donors (Lipinski definition) is 1. The lowest BCUT2D eigenvalue weighted by Crippen LogP contribution is -2.47. The zero-order chi connectivity index (χ0) is 17.5. The van der Waals surface area contributed by atoms with E-state index in [9.17, 15) is 13.2 Å². The maximum atomic E-state index is 12.7. The lowest BCUT2D eigenvalue weighted by atomic mass is 9.70. The number of hydrogen-bond acceptors (Lipinski definition) is 5. The van der Waals surface area contributed by atoms with Crippen LogP contribution in [0.2, 0.25) is 0 Å². The summed E-state index contributed by atoms with van der Waals surface area (Å²) in [5.41, 5.74) is 0. The molecular weight excluding hydrogens is 342 g/mol. The van der Waals surface area contributed by atoms with Gasteiger partial charge >= 0.3 is 0 Å². The van der Waals surface area contributed by atoms with Crippen molar-refractivity contribution >= 4 is 15.9 Å². The van der Waals surface area contributed by atoms with E-state index in [-0.39, 0.29) is 29.4 Å². The van der Waals surface area contributed by atoms with E-state index in [0.717, 1.165) is 57.8 Å². The lowest BCUT2D eigenvalue weighted by molar-refractivity contribution is -0.183. The molecule has 25 heavy (non-hydrogen) atoms. The van der Waals surface area contributed by atoms with Crippen LogP contribution in [0.4, 0.5) is 0 Å². The molecule has 0 aromatic heterocycles. The third-order valence-corrected chi connectivity index (χ3v) is 8.68. The van der Waals surface area contributed by atoms with Gasteiger partial charge in [-0.15, -0.1) is 0 Å².